The van der Waals surface area contributed by atoms with Gasteiger partial charge in [-0.2, -0.15) is 0 Å². The van der Waals surface area contributed by atoms with Crippen molar-refractivity contribution in [3.63, 3.8) is 0 Å². The van der Waals surface area contributed by atoms with E-state index in [0.717, 1.165) is 19.6 Å². The average Bonchev–Trinajstić information content (AvgIpc) is 2.54. The topological polar surface area (TPSA) is 15.3 Å². The maximum Gasteiger partial charge on any atom is 0.0234 e. The molecule has 1 aromatic rings. The number of benzene rings is 1. The molecule has 1 heterocycles. The first-order valence-corrected chi connectivity index (χ1v) is 7.19. The quantitative estimate of drug-likeness (QED) is 0.882. The van der Waals surface area contributed by atoms with E-state index < -0.39 is 0 Å². The van der Waals surface area contributed by atoms with Gasteiger partial charge in [-0.3, -0.25) is 4.90 Å². The molecule has 1 atom stereocenters. The maximum absolute atomic E-state index is 3.54. The van der Waals surface area contributed by atoms with Gasteiger partial charge in [-0.25, -0.2) is 0 Å². The Labute approximate surface area is 111 Å². The Morgan fingerprint density at radius 2 is 2.00 bits per heavy atom. The van der Waals surface area contributed by atoms with E-state index in [1.807, 2.05) is 0 Å². The Hall–Kier alpha value is -0.860. The van der Waals surface area contributed by atoms with Crippen LogP contribution in [-0.4, -0.2) is 30.6 Å². The van der Waals surface area contributed by atoms with Crippen molar-refractivity contribution in [2.24, 2.45) is 0 Å². The Kier molecular flexibility index (Phi) is 4.79. The highest BCUT2D eigenvalue weighted by molar-refractivity contribution is 5.24. The summed E-state index contributed by atoms with van der Waals surface area (Å²) in [5.41, 5.74) is 2.87. The predicted molar refractivity (Wildman–Crippen MR) is 77.9 cm³/mol. The zero-order chi connectivity index (χ0) is 13.0. The Morgan fingerprint density at radius 3 is 2.67 bits per heavy atom. The standard InChI is InChI=1S/C16H26N2/c1-13(2)16-7-5-15(6-8-16)12-18-10-4-9-17-14(3)11-18/h5-8,13-14,17H,4,9-12H2,1-3H3. The largest absolute Gasteiger partial charge is 0.313 e. The molecule has 1 aliphatic heterocycles. The summed E-state index contributed by atoms with van der Waals surface area (Å²) in [5.74, 6) is 0.626. The number of nitrogens with one attached hydrogen (secondary N) is 1. The molecule has 1 aliphatic rings. The SMILES string of the molecule is CC1CN(Cc2ccc(C(C)C)cc2)CCCN1. The monoisotopic (exact) mass is 246 g/mol. The van der Waals surface area contributed by atoms with Gasteiger partial charge in [0.15, 0.2) is 0 Å². The van der Waals surface area contributed by atoms with Gasteiger partial charge in [0.1, 0.15) is 0 Å². The van der Waals surface area contributed by atoms with Crippen LogP contribution in [0, 0.1) is 0 Å². The van der Waals surface area contributed by atoms with Crippen LogP contribution in [-0.2, 0) is 6.54 Å². The van der Waals surface area contributed by atoms with Gasteiger partial charge in [0.25, 0.3) is 0 Å². The highest BCUT2D eigenvalue weighted by Gasteiger charge is 2.14. The predicted octanol–water partition coefficient (Wildman–Crippen LogP) is 2.99. The second-order valence-corrected chi connectivity index (χ2v) is 5.84. The molecule has 100 valence electrons. The van der Waals surface area contributed by atoms with Crippen molar-refractivity contribution in [2.45, 2.75) is 45.7 Å². The van der Waals surface area contributed by atoms with Gasteiger partial charge in [-0.15, -0.1) is 0 Å². The molecule has 1 unspecified atom stereocenters. The highest BCUT2D eigenvalue weighted by atomic mass is 15.2. The summed E-state index contributed by atoms with van der Waals surface area (Å²) in [4.78, 5) is 2.56. The minimum atomic E-state index is 0.613. The van der Waals surface area contributed by atoms with Crippen molar-refractivity contribution >= 4 is 0 Å². The summed E-state index contributed by atoms with van der Waals surface area (Å²) in [6.45, 7) is 11.4. The molecule has 0 bridgehead atoms. The summed E-state index contributed by atoms with van der Waals surface area (Å²) < 4.78 is 0. The van der Waals surface area contributed by atoms with Crippen LogP contribution >= 0.6 is 0 Å². The van der Waals surface area contributed by atoms with Crippen molar-refractivity contribution in [3.8, 4) is 0 Å². The summed E-state index contributed by atoms with van der Waals surface area (Å²) in [7, 11) is 0. The zero-order valence-corrected chi connectivity index (χ0v) is 11.9. The molecule has 2 heteroatoms. The lowest BCUT2D eigenvalue weighted by atomic mass is 10.0. The molecule has 0 amide bonds. The van der Waals surface area contributed by atoms with E-state index in [1.165, 1.54) is 24.1 Å². The lowest BCUT2D eigenvalue weighted by Gasteiger charge is -2.22. The van der Waals surface area contributed by atoms with E-state index in [1.54, 1.807) is 0 Å². The van der Waals surface area contributed by atoms with E-state index in [9.17, 15) is 0 Å². The summed E-state index contributed by atoms with van der Waals surface area (Å²) in [5, 5.41) is 3.54. The van der Waals surface area contributed by atoms with E-state index in [2.05, 4.69) is 55.3 Å². The summed E-state index contributed by atoms with van der Waals surface area (Å²) in [6, 6.07) is 9.75. The molecule has 0 aliphatic carbocycles. The van der Waals surface area contributed by atoms with Crippen molar-refractivity contribution in [2.75, 3.05) is 19.6 Å². The van der Waals surface area contributed by atoms with Crippen LogP contribution in [0.3, 0.4) is 0 Å². The van der Waals surface area contributed by atoms with Gasteiger partial charge in [-0.1, -0.05) is 38.1 Å². The van der Waals surface area contributed by atoms with Crippen molar-refractivity contribution in [1.82, 2.24) is 10.2 Å². The first-order valence-electron chi connectivity index (χ1n) is 7.19. The first kappa shape index (κ1) is 13.6. The maximum atomic E-state index is 3.54. The van der Waals surface area contributed by atoms with Crippen molar-refractivity contribution in [3.05, 3.63) is 35.4 Å². The van der Waals surface area contributed by atoms with Gasteiger partial charge in [0.2, 0.25) is 0 Å². The van der Waals surface area contributed by atoms with Crippen LogP contribution in [0.2, 0.25) is 0 Å². The number of rotatable bonds is 3. The van der Waals surface area contributed by atoms with Gasteiger partial charge in [0, 0.05) is 19.1 Å². The second-order valence-electron chi connectivity index (χ2n) is 5.84. The van der Waals surface area contributed by atoms with Crippen LogP contribution in [0.25, 0.3) is 0 Å². The second kappa shape index (κ2) is 6.35. The van der Waals surface area contributed by atoms with Crippen LogP contribution in [0.15, 0.2) is 24.3 Å². The van der Waals surface area contributed by atoms with Crippen LogP contribution in [0.5, 0.6) is 0 Å². The third kappa shape index (κ3) is 3.82. The fourth-order valence-electron chi connectivity index (χ4n) is 2.60. The summed E-state index contributed by atoms with van der Waals surface area (Å²) >= 11 is 0. The van der Waals surface area contributed by atoms with Gasteiger partial charge < -0.3 is 5.32 Å². The van der Waals surface area contributed by atoms with E-state index in [4.69, 9.17) is 0 Å². The minimum absolute atomic E-state index is 0.613. The van der Waals surface area contributed by atoms with Crippen molar-refractivity contribution in [1.29, 1.82) is 0 Å². The molecule has 1 fully saturated rings. The number of hydrogen-bond acceptors (Lipinski definition) is 2. The molecule has 2 rings (SSSR count). The van der Waals surface area contributed by atoms with Crippen LogP contribution in [0.4, 0.5) is 0 Å². The molecule has 1 N–H and O–H groups in total. The molecular weight excluding hydrogens is 220 g/mol. The average molecular weight is 246 g/mol. The van der Waals surface area contributed by atoms with E-state index in [0.29, 0.717) is 12.0 Å². The zero-order valence-electron chi connectivity index (χ0n) is 11.9. The molecule has 0 spiro atoms. The van der Waals surface area contributed by atoms with Gasteiger partial charge >= 0.3 is 0 Å². The molecular formula is C16H26N2. The normalized spacial score (nSPS) is 22.1. The smallest absolute Gasteiger partial charge is 0.0234 e. The number of hydrogen-bond donors (Lipinski definition) is 1. The lowest BCUT2D eigenvalue weighted by molar-refractivity contribution is 0.265. The fourth-order valence-corrected chi connectivity index (χ4v) is 2.60. The first-order chi connectivity index (χ1) is 8.65. The fraction of sp³-hybridized carbons (Fsp3) is 0.625. The Morgan fingerprint density at radius 1 is 1.28 bits per heavy atom. The van der Waals surface area contributed by atoms with Gasteiger partial charge in [0.05, 0.1) is 0 Å². The molecule has 1 saturated heterocycles. The Bertz CT molecular complexity index is 356. The molecule has 0 saturated carbocycles. The molecule has 1 aromatic carbocycles. The third-order valence-electron chi connectivity index (χ3n) is 3.73. The van der Waals surface area contributed by atoms with Crippen molar-refractivity contribution < 1.29 is 0 Å². The van der Waals surface area contributed by atoms with Crippen LogP contribution in [0.1, 0.15) is 44.2 Å². The summed E-state index contributed by atoms with van der Waals surface area (Å²) in [6.07, 6.45) is 1.26. The molecule has 0 aromatic heterocycles. The van der Waals surface area contributed by atoms with E-state index in [-0.39, 0.29) is 0 Å². The van der Waals surface area contributed by atoms with E-state index >= 15 is 0 Å². The Balaban J connectivity index is 1.95. The van der Waals surface area contributed by atoms with Gasteiger partial charge in [-0.05, 0) is 43.5 Å². The van der Waals surface area contributed by atoms with Crippen LogP contribution < -0.4 is 5.32 Å². The number of nitrogens with zero attached hydrogens (tertiary/aromatic N) is 1. The molecule has 18 heavy (non-hydrogen) atoms. The third-order valence-corrected chi connectivity index (χ3v) is 3.73. The highest BCUT2D eigenvalue weighted by Crippen LogP contribution is 2.16. The molecule has 2 nitrogen and oxygen atoms in total. The molecule has 0 radical (unpaired) electrons. The minimum Gasteiger partial charge on any atom is -0.313 e. The lowest BCUT2D eigenvalue weighted by Crippen LogP contribution is -2.34.